The summed E-state index contributed by atoms with van der Waals surface area (Å²) in [6.07, 6.45) is 3.80. The second kappa shape index (κ2) is 8.55. The standard InChI is InChI=1S/C25H23ClN4O2/c1-32-22-4-2-3-21(15-22)28-11-13-29(14-12-28)25(31)23-17-30-16-19(7-10-24(30)27-23)18-5-8-20(26)9-6-18/h2-10,15-17H,11-14H2,1H3. The van der Waals surface area contributed by atoms with E-state index in [4.69, 9.17) is 16.3 Å². The quantitative estimate of drug-likeness (QED) is 0.458. The Morgan fingerprint density at radius 1 is 0.938 bits per heavy atom. The van der Waals surface area contributed by atoms with E-state index in [2.05, 4.69) is 16.0 Å². The zero-order chi connectivity index (χ0) is 22.1. The number of carbonyl (C=O) groups excluding carboxylic acids is 1. The van der Waals surface area contributed by atoms with Gasteiger partial charge in [-0.15, -0.1) is 0 Å². The van der Waals surface area contributed by atoms with Crippen LogP contribution in [0.15, 0.2) is 73.1 Å². The van der Waals surface area contributed by atoms with Crippen LogP contribution in [0.1, 0.15) is 10.5 Å². The molecule has 0 aliphatic carbocycles. The fourth-order valence-electron chi connectivity index (χ4n) is 4.04. The van der Waals surface area contributed by atoms with Crippen LogP contribution in [-0.2, 0) is 0 Å². The highest BCUT2D eigenvalue weighted by atomic mass is 35.5. The maximum Gasteiger partial charge on any atom is 0.274 e. The van der Waals surface area contributed by atoms with Gasteiger partial charge in [-0.25, -0.2) is 4.98 Å². The largest absolute Gasteiger partial charge is 0.497 e. The number of halogens is 1. The lowest BCUT2D eigenvalue weighted by Gasteiger charge is -2.35. The molecule has 0 saturated carbocycles. The van der Waals surface area contributed by atoms with Crippen molar-refractivity contribution in [3.8, 4) is 16.9 Å². The summed E-state index contributed by atoms with van der Waals surface area (Å²) in [7, 11) is 1.67. The molecular weight excluding hydrogens is 424 g/mol. The molecule has 0 unspecified atom stereocenters. The zero-order valence-corrected chi connectivity index (χ0v) is 18.5. The minimum absolute atomic E-state index is 0.0352. The lowest BCUT2D eigenvalue weighted by atomic mass is 10.1. The Labute approximate surface area is 191 Å². The monoisotopic (exact) mass is 446 g/mol. The third-order valence-electron chi connectivity index (χ3n) is 5.83. The van der Waals surface area contributed by atoms with E-state index < -0.39 is 0 Å². The summed E-state index contributed by atoms with van der Waals surface area (Å²) in [6, 6.07) is 19.7. The summed E-state index contributed by atoms with van der Waals surface area (Å²) in [4.78, 5) is 21.8. The highest BCUT2D eigenvalue weighted by molar-refractivity contribution is 6.30. The van der Waals surface area contributed by atoms with Crippen LogP contribution in [0.5, 0.6) is 5.75 Å². The molecular formula is C25H23ClN4O2. The van der Waals surface area contributed by atoms with E-state index in [0.717, 1.165) is 41.3 Å². The van der Waals surface area contributed by atoms with Gasteiger partial charge < -0.3 is 18.9 Å². The number of carbonyl (C=O) groups is 1. The molecule has 6 nitrogen and oxygen atoms in total. The van der Waals surface area contributed by atoms with Crippen molar-refractivity contribution in [2.75, 3.05) is 38.2 Å². The number of piperazine rings is 1. The molecule has 1 aliphatic heterocycles. The molecule has 1 saturated heterocycles. The second-order valence-corrected chi connectivity index (χ2v) is 8.23. The summed E-state index contributed by atoms with van der Waals surface area (Å²) in [6.45, 7) is 2.85. The number of fused-ring (bicyclic) bond motifs is 1. The number of hydrogen-bond donors (Lipinski definition) is 0. The van der Waals surface area contributed by atoms with Crippen LogP contribution in [0, 0.1) is 0 Å². The number of ether oxygens (including phenoxy) is 1. The molecule has 3 heterocycles. The highest BCUT2D eigenvalue weighted by Gasteiger charge is 2.24. The van der Waals surface area contributed by atoms with Crippen molar-refractivity contribution in [3.63, 3.8) is 0 Å². The zero-order valence-electron chi connectivity index (χ0n) is 17.7. The molecule has 32 heavy (non-hydrogen) atoms. The molecule has 1 amide bonds. The molecule has 0 N–H and O–H groups in total. The lowest BCUT2D eigenvalue weighted by molar-refractivity contribution is 0.0741. The number of methoxy groups -OCH3 is 1. The fourth-order valence-corrected chi connectivity index (χ4v) is 4.17. The molecule has 1 fully saturated rings. The van der Waals surface area contributed by atoms with E-state index in [1.807, 2.05) is 76.3 Å². The van der Waals surface area contributed by atoms with E-state index in [1.165, 1.54) is 0 Å². The van der Waals surface area contributed by atoms with Gasteiger partial charge in [-0.2, -0.15) is 0 Å². The number of hydrogen-bond acceptors (Lipinski definition) is 4. The van der Waals surface area contributed by atoms with Gasteiger partial charge in [0, 0.05) is 55.3 Å². The Kier molecular flexibility index (Phi) is 5.45. The molecule has 2 aromatic carbocycles. The summed E-state index contributed by atoms with van der Waals surface area (Å²) >= 11 is 6.00. The fraction of sp³-hybridized carbons (Fsp3) is 0.200. The van der Waals surface area contributed by atoms with E-state index in [9.17, 15) is 4.79 Å². The maximum atomic E-state index is 13.1. The van der Waals surface area contributed by atoms with Crippen LogP contribution in [-0.4, -0.2) is 53.5 Å². The SMILES string of the molecule is COc1cccc(N2CCN(C(=O)c3cn4cc(-c5ccc(Cl)cc5)ccc4n3)CC2)c1. The van der Waals surface area contributed by atoms with E-state index in [-0.39, 0.29) is 5.91 Å². The van der Waals surface area contributed by atoms with Crippen molar-refractivity contribution in [2.45, 2.75) is 0 Å². The van der Waals surface area contributed by atoms with Crippen molar-refractivity contribution in [2.24, 2.45) is 0 Å². The summed E-state index contributed by atoms with van der Waals surface area (Å²) in [5.41, 5.74) is 4.43. The summed E-state index contributed by atoms with van der Waals surface area (Å²) < 4.78 is 7.23. The van der Waals surface area contributed by atoms with Crippen LogP contribution >= 0.6 is 11.6 Å². The lowest BCUT2D eigenvalue weighted by Crippen LogP contribution is -2.48. The number of aromatic nitrogens is 2. The Bertz CT molecular complexity index is 1260. The Morgan fingerprint density at radius 2 is 1.69 bits per heavy atom. The molecule has 7 heteroatoms. The molecule has 5 rings (SSSR count). The normalized spacial score (nSPS) is 14.1. The number of nitrogens with zero attached hydrogens (tertiary/aromatic N) is 4. The second-order valence-electron chi connectivity index (χ2n) is 7.80. The molecule has 0 atom stereocenters. The van der Waals surface area contributed by atoms with Crippen LogP contribution in [0.4, 0.5) is 5.69 Å². The first-order chi connectivity index (χ1) is 15.6. The maximum absolute atomic E-state index is 13.1. The third-order valence-corrected chi connectivity index (χ3v) is 6.09. The van der Waals surface area contributed by atoms with Crippen LogP contribution in [0.25, 0.3) is 16.8 Å². The first-order valence-electron chi connectivity index (χ1n) is 10.5. The van der Waals surface area contributed by atoms with Gasteiger partial charge in [-0.05, 0) is 47.5 Å². The van der Waals surface area contributed by atoms with E-state index in [0.29, 0.717) is 23.8 Å². The van der Waals surface area contributed by atoms with Crippen molar-refractivity contribution >= 4 is 28.8 Å². The van der Waals surface area contributed by atoms with Gasteiger partial charge >= 0.3 is 0 Å². The van der Waals surface area contributed by atoms with Gasteiger partial charge in [0.25, 0.3) is 5.91 Å². The minimum atomic E-state index is -0.0352. The van der Waals surface area contributed by atoms with Gasteiger partial charge in [0.1, 0.15) is 17.1 Å². The van der Waals surface area contributed by atoms with Gasteiger partial charge in [-0.3, -0.25) is 4.79 Å². The van der Waals surface area contributed by atoms with Gasteiger partial charge in [0.15, 0.2) is 0 Å². The first kappa shape index (κ1) is 20.4. The van der Waals surface area contributed by atoms with Crippen molar-refractivity contribution in [1.29, 1.82) is 0 Å². The predicted octanol–water partition coefficient (Wildman–Crippen LogP) is 4.63. The molecule has 4 aromatic rings. The number of anilines is 1. The summed E-state index contributed by atoms with van der Waals surface area (Å²) in [5, 5.41) is 0.705. The van der Waals surface area contributed by atoms with Crippen molar-refractivity contribution in [3.05, 3.63) is 83.8 Å². The van der Waals surface area contributed by atoms with Crippen LogP contribution in [0.2, 0.25) is 5.02 Å². The van der Waals surface area contributed by atoms with Crippen LogP contribution < -0.4 is 9.64 Å². The molecule has 162 valence electrons. The minimum Gasteiger partial charge on any atom is -0.497 e. The number of pyridine rings is 1. The number of imidazole rings is 1. The molecule has 0 radical (unpaired) electrons. The van der Waals surface area contributed by atoms with Gasteiger partial charge in [-0.1, -0.05) is 29.8 Å². The first-order valence-corrected chi connectivity index (χ1v) is 10.9. The molecule has 2 aromatic heterocycles. The number of amides is 1. The molecule has 0 spiro atoms. The average Bonchev–Trinajstić information content (AvgIpc) is 3.28. The summed E-state index contributed by atoms with van der Waals surface area (Å²) in [5.74, 6) is 0.802. The molecule has 1 aliphatic rings. The van der Waals surface area contributed by atoms with Crippen molar-refractivity contribution in [1.82, 2.24) is 14.3 Å². The van der Waals surface area contributed by atoms with Gasteiger partial charge in [0.05, 0.1) is 7.11 Å². The van der Waals surface area contributed by atoms with Gasteiger partial charge in [0.2, 0.25) is 0 Å². The average molecular weight is 447 g/mol. The Balaban J connectivity index is 1.30. The Morgan fingerprint density at radius 3 is 2.44 bits per heavy atom. The topological polar surface area (TPSA) is 50.1 Å². The number of benzene rings is 2. The third kappa shape index (κ3) is 4.01. The highest BCUT2D eigenvalue weighted by Crippen LogP contribution is 2.24. The van der Waals surface area contributed by atoms with E-state index in [1.54, 1.807) is 7.11 Å². The molecule has 0 bridgehead atoms. The van der Waals surface area contributed by atoms with E-state index >= 15 is 0 Å². The Hall–Kier alpha value is -3.51. The van der Waals surface area contributed by atoms with Crippen LogP contribution in [0.3, 0.4) is 0 Å². The number of rotatable bonds is 4. The van der Waals surface area contributed by atoms with Crippen molar-refractivity contribution < 1.29 is 9.53 Å². The smallest absolute Gasteiger partial charge is 0.274 e. The predicted molar refractivity (Wildman–Crippen MR) is 127 cm³/mol.